The van der Waals surface area contributed by atoms with E-state index in [0.717, 1.165) is 5.82 Å². The maximum atomic E-state index is 10.7. The first kappa shape index (κ1) is 21.6. The van der Waals surface area contributed by atoms with Crippen LogP contribution in [0, 0.1) is 0 Å². The first-order valence-corrected chi connectivity index (χ1v) is 8.96. The molecule has 0 saturated carbocycles. The fourth-order valence-electron chi connectivity index (χ4n) is 1.31. The third kappa shape index (κ3) is 9.32. The molecule has 0 aliphatic rings. The number of aromatic nitrogens is 2. The van der Waals surface area contributed by atoms with Crippen LogP contribution in [-0.4, -0.2) is 42.2 Å². The Kier molecular flexibility index (Phi) is 7.90. The normalized spacial score (nSPS) is 12.4. The predicted molar refractivity (Wildman–Crippen MR) is 72.5 cm³/mol. The fraction of sp³-hybridized carbons (Fsp3) is 0.500. The lowest BCUT2D eigenvalue weighted by atomic mass is 10.3. The van der Waals surface area contributed by atoms with Crippen molar-refractivity contribution in [1.29, 1.82) is 0 Å². The summed E-state index contributed by atoms with van der Waals surface area (Å²) >= 11 is 0. The monoisotopic (exact) mass is 380 g/mol. The van der Waals surface area contributed by atoms with Crippen molar-refractivity contribution < 1.29 is 43.7 Å². The SMILES string of the molecule is C=Cc1[nH]cc[n+]1CCCCS(=O)(=O)O.O=S(=O)([O-])C(F)(F)F. The van der Waals surface area contributed by atoms with Gasteiger partial charge in [-0.25, -0.2) is 18.0 Å². The Labute approximate surface area is 131 Å². The Hall–Kier alpha value is -1.44. The summed E-state index contributed by atoms with van der Waals surface area (Å²) in [5.41, 5.74) is -5.65. The van der Waals surface area contributed by atoms with E-state index >= 15 is 0 Å². The molecule has 8 nitrogen and oxygen atoms in total. The molecule has 134 valence electrons. The lowest BCUT2D eigenvalue weighted by molar-refractivity contribution is -0.697. The Bertz CT molecular complexity index is 709. The molecule has 0 atom stereocenters. The van der Waals surface area contributed by atoms with Gasteiger partial charge in [0.15, 0.2) is 10.1 Å². The highest BCUT2D eigenvalue weighted by Crippen LogP contribution is 2.20. The van der Waals surface area contributed by atoms with Gasteiger partial charge >= 0.3 is 5.51 Å². The second-order valence-corrected chi connectivity index (χ2v) is 7.08. The molecule has 1 rings (SSSR count). The van der Waals surface area contributed by atoms with Gasteiger partial charge in [-0.1, -0.05) is 6.58 Å². The van der Waals surface area contributed by atoms with Crippen LogP contribution in [0.2, 0.25) is 0 Å². The number of imidazole rings is 1. The van der Waals surface area contributed by atoms with Crippen molar-refractivity contribution in [2.45, 2.75) is 24.9 Å². The standard InChI is InChI=1S/C9H14N2O3S.CHF3O3S/c1-2-9-10-5-7-11(9)6-3-4-8-15(12,13)14;2-1(3,4)8(5,6)7/h2,5,7H,1,3-4,6,8H2,(H,12,13,14);(H,5,6,7). The number of nitrogens with one attached hydrogen (secondary N) is 1. The molecule has 0 aliphatic heterocycles. The summed E-state index contributed by atoms with van der Waals surface area (Å²) in [6.45, 7) is 4.35. The zero-order valence-electron chi connectivity index (χ0n) is 11.7. The number of hydrogen-bond acceptors (Lipinski definition) is 5. The molecule has 1 aromatic heterocycles. The van der Waals surface area contributed by atoms with Crippen LogP contribution >= 0.6 is 0 Å². The van der Waals surface area contributed by atoms with Crippen LogP contribution < -0.4 is 4.57 Å². The van der Waals surface area contributed by atoms with E-state index in [-0.39, 0.29) is 5.75 Å². The lowest BCUT2D eigenvalue weighted by Gasteiger charge is -2.08. The molecule has 2 N–H and O–H groups in total. The van der Waals surface area contributed by atoms with Gasteiger partial charge in [0.1, 0.15) is 12.4 Å². The zero-order chi connectivity index (χ0) is 18.3. The van der Waals surface area contributed by atoms with Crippen molar-refractivity contribution in [3.63, 3.8) is 0 Å². The molecule has 0 amide bonds. The van der Waals surface area contributed by atoms with Gasteiger partial charge in [-0.2, -0.15) is 21.6 Å². The van der Waals surface area contributed by atoms with Gasteiger partial charge in [0.05, 0.1) is 12.3 Å². The van der Waals surface area contributed by atoms with E-state index in [9.17, 15) is 21.6 Å². The molecule has 0 bridgehead atoms. The Balaban J connectivity index is 0.000000515. The summed E-state index contributed by atoms with van der Waals surface area (Å²) < 4.78 is 90.2. The van der Waals surface area contributed by atoms with Crippen LogP contribution in [-0.2, 0) is 26.8 Å². The zero-order valence-corrected chi connectivity index (χ0v) is 13.3. The van der Waals surface area contributed by atoms with Crippen molar-refractivity contribution in [1.82, 2.24) is 4.98 Å². The van der Waals surface area contributed by atoms with Crippen molar-refractivity contribution >= 4 is 26.3 Å². The summed E-state index contributed by atoms with van der Waals surface area (Å²) in [6.07, 6.45) is 6.50. The van der Waals surface area contributed by atoms with Gasteiger partial charge in [-0.15, -0.1) is 0 Å². The van der Waals surface area contributed by atoms with E-state index in [0.29, 0.717) is 19.4 Å². The highest BCUT2D eigenvalue weighted by Gasteiger charge is 2.36. The summed E-state index contributed by atoms with van der Waals surface area (Å²) in [6, 6.07) is 0. The topological polar surface area (TPSA) is 131 Å². The van der Waals surface area contributed by atoms with E-state index in [4.69, 9.17) is 17.5 Å². The molecule has 23 heavy (non-hydrogen) atoms. The predicted octanol–water partition coefficient (Wildman–Crippen LogP) is 0.665. The van der Waals surface area contributed by atoms with E-state index < -0.39 is 25.7 Å². The number of H-pyrrole nitrogens is 1. The minimum Gasteiger partial charge on any atom is -0.741 e. The van der Waals surface area contributed by atoms with Crippen molar-refractivity contribution in [3.05, 3.63) is 24.8 Å². The van der Waals surface area contributed by atoms with Crippen LogP contribution in [0.4, 0.5) is 13.2 Å². The minimum atomic E-state index is -6.09. The highest BCUT2D eigenvalue weighted by molar-refractivity contribution is 7.86. The van der Waals surface area contributed by atoms with Crippen molar-refractivity contribution in [3.8, 4) is 0 Å². The number of aryl methyl sites for hydroxylation is 1. The summed E-state index contributed by atoms with van der Waals surface area (Å²) in [5.74, 6) is 0.711. The molecule has 0 unspecified atom stereocenters. The molecule has 1 heterocycles. The number of rotatable bonds is 6. The van der Waals surface area contributed by atoms with Gasteiger partial charge < -0.3 is 4.55 Å². The third-order valence-corrected chi connectivity index (χ3v) is 3.69. The summed E-state index contributed by atoms with van der Waals surface area (Å²) in [4.78, 5) is 2.99. The highest BCUT2D eigenvalue weighted by atomic mass is 32.2. The van der Waals surface area contributed by atoms with Crippen molar-refractivity contribution in [2.75, 3.05) is 5.75 Å². The Morgan fingerprint density at radius 2 is 1.83 bits per heavy atom. The molecule has 0 fully saturated rings. The molecular weight excluding hydrogens is 365 g/mol. The van der Waals surface area contributed by atoms with Gasteiger partial charge in [0.25, 0.3) is 15.9 Å². The number of nitrogens with zero attached hydrogens (tertiary/aromatic N) is 1. The quantitative estimate of drug-likeness (QED) is 0.323. The molecule has 1 aromatic rings. The average molecular weight is 380 g/mol. The first-order valence-electron chi connectivity index (χ1n) is 5.94. The molecule has 0 aliphatic carbocycles. The van der Waals surface area contributed by atoms with Gasteiger partial charge in [-0.3, -0.25) is 4.55 Å². The van der Waals surface area contributed by atoms with Crippen LogP contribution in [0.15, 0.2) is 19.0 Å². The molecule has 0 spiro atoms. The minimum absolute atomic E-state index is 0.179. The Morgan fingerprint density at radius 1 is 1.30 bits per heavy atom. The second-order valence-electron chi connectivity index (χ2n) is 4.14. The van der Waals surface area contributed by atoms with Gasteiger partial charge in [-0.05, 0) is 12.8 Å². The molecular formula is C10H15F3N2O6S2. The number of halogens is 3. The number of aromatic amines is 1. The second kappa shape index (κ2) is 8.42. The maximum Gasteiger partial charge on any atom is 0.485 e. The third-order valence-electron chi connectivity index (χ3n) is 2.32. The van der Waals surface area contributed by atoms with Gasteiger partial charge in [0.2, 0.25) is 0 Å². The van der Waals surface area contributed by atoms with Crippen LogP contribution in [0.5, 0.6) is 0 Å². The summed E-state index contributed by atoms with van der Waals surface area (Å²) in [7, 11) is -9.91. The fourth-order valence-corrected chi connectivity index (χ4v) is 1.88. The van der Waals surface area contributed by atoms with Crippen LogP contribution in [0.25, 0.3) is 6.08 Å². The largest absolute Gasteiger partial charge is 0.741 e. The van der Waals surface area contributed by atoms with E-state index in [1.165, 1.54) is 0 Å². The molecule has 0 saturated heterocycles. The van der Waals surface area contributed by atoms with Crippen LogP contribution in [0.1, 0.15) is 18.7 Å². The van der Waals surface area contributed by atoms with Crippen molar-refractivity contribution in [2.24, 2.45) is 0 Å². The van der Waals surface area contributed by atoms with E-state index in [2.05, 4.69) is 11.6 Å². The molecule has 0 aromatic carbocycles. The molecule has 0 radical (unpaired) electrons. The summed E-state index contributed by atoms with van der Waals surface area (Å²) in [5, 5.41) is 0. The average Bonchev–Trinajstić information content (AvgIpc) is 2.79. The lowest BCUT2D eigenvalue weighted by Crippen LogP contribution is -2.34. The van der Waals surface area contributed by atoms with Gasteiger partial charge in [0, 0.05) is 6.08 Å². The van der Waals surface area contributed by atoms with E-state index in [1.54, 1.807) is 12.3 Å². The van der Waals surface area contributed by atoms with E-state index in [1.807, 2.05) is 10.8 Å². The van der Waals surface area contributed by atoms with Crippen LogP contribution in [0.3, 0.4) is 0 Å². The molecule has 13 heteroatoms. The number of alkyl halides is 3. The maximum absolute atomic E-state index is 10.7. The number of hydrogen-bond donors (Lipinski definition) is 2. The smallest absolute Gasteiger partial charge is 0.485 e. The Morgan fingerprint density at radius 3 is 2.22 bits per heavy atom. The first-order chi connectivity index (χ1) is 10.3. The number of unbranched alkanes of at least 4 members (excludes halogenated alkanes) is 1.